The second-order valence-electron chi connectivity index (χ2n) is 0. The summed E-state index contributed by atoms with van der Waals surface area (Å²) >= 11 is 0. The van der Waals surface area contributed by atoms with Gasteiger partial charge in [-0.2, -0.15) is 0 Å². The molecule has 4 radical (unpaired) electrons. The summed E-state index contributed by atoms with van der Waals surface area (Å²) in [5.74, 6) is 0. The van der Waals surface area contributed by atoms with Crippen molar-refractivity contribution >= 4 is 75.5 Å². The molecule has 0 aliphatic heterocycles. The summed E-state index contributed by atoms with van der Waals surface area (Å²) in [6.45, 7) is 0. The van der Waals surface area contributed by atoms with Crippen LogP contribution in [0.25, 0.3) is 0 Å². The van der Waals surface area contributed by atoms with E-state index in [0.29, 0.717) is 0 Å². The molecule has 4 heteroatoms. The van der Waals surface area contributed by atoms with Gasteiger partial charge in [0.1, 0.15) is 0 Å². The molecule has 0 amide bonds. The maximum absolute atomic E-state index is 0. The van der Waals surface area contributed by atoms with Crippen molar-refractivity contribution in [1.29, 1.82) is 0 Å². The van der Waals surface area contributed by atoms with E-state index >= 15 is 0 Å². The fourth-order valence-electron chi connectivity index (χ4n) is 0. The molecule has 0 unspecified atom stereocenters. The molecule has 0 atom stereocenters. The predicted octanol–water partition coefficient (Wildman–Crippen LogP) is -0.438. The van der Waals surface area contributed by atoms with Crippen LogP contribution in [-0.4, -0.2) is 75.5 Å². The Labute approximate surface area is 85.9 Å². The maximum Gasteiger partial charge on any atom is 0 e. The molecule has 2 nitrogen and oxygen atoms in total. The zero-order valence-corrected chi connectivity index (χ0v) is 7.25. The van der Waals surface area contributed by atoms with E-state index in [4.69, 9.17) is 0 Å². The van der Waals surface area contributed by atoms with Crippen LogP contribution >= 0.6 is 0 Å². The van der Waals surface area contributed by atoms with E-state index in [-0.39, 0.29) is 87.8 Å². The number of hydrogen-bond acceptors (Lipinski definition) is 2. The van der Waals surface area contributed by atoms with Crippen molar-refractivity contribution < 1.29 is 0 Å². The Morgan fingerprint density at radius 3 is 0.500 bits per heavy atom. The molecular formula is H6Ca2N2. The standard InChI is InChI=1S/2Ca.2H3N/h;;2*1H3. The molecule has 0 fully saturated rings. The van der Waals surface area contributed by atoms with Gasteiger partial charge in [0.05, 0.1) is 0 Å². The smallest absolute Gasteiger partial charge is 0 e. The van der Waals surface area contributed by atoms with E-state index in [2.05, 4.69) is 0 Å². The van der Waals surface area contributed by atoms with Gasteiger partial charge < -0.3 is 12.3 Å². The van der Waals surface area contributed by atoms with Crippen LogP contribution in [-0.2, 0) is 0 Å². The van der Waals surface area contributed by atoms with E-state index in [0.717, 1.165) is 0 Å². The van der Waals surface area contributed by atoms with Crippen molar-refractivity contribution in [2.75, 3.05) is 0 Å². The van der Waals surface area contributed by atoms with E-state index in [1.807, 2.05) is 0 Å². The molecule has 0 aromatic carbocycles. The third kappa shape index (κ3) is 8.83. The molecule has 20 valence electrons. The van der Waals surface area contributed by atoms with Gasteiger partial charge in [0.2, 0.25) is 0 Å². The summed E-state index contributed by atoms with van der Waals surface area (Å²) in [4.78, 5) is 0. The molecule has 0 rings (SSSR count). The van der Waals surface area contributed by atoms with Gasteiger partial charge >= 0.3 is 0 Å². The summed E-state index contributed by atoms with van der Waals surface area (Å²) in [6.07, 6.45) is 0. The first-order valence-corrected chi connectivity index (χ1v) is 0. The van der Waals surface area contributed by atoms with Crippen molar-refractivity contribution in [1.82, 2.24) is 12.3 Å². The number of rotatable bonds is 0. The summed E-state index contributed by atoms with van der Waals surface area (Å²) < 4.78 is 0. The third-order valence-electron chi connectivity index (χ3n) is 0. The van der Waals surface area contributed by atoms with E-state index in [9.17, 15) is 0 Å². The molecule has 0 saturated carbocycles. The Balaban J connectivity index is 0. The average Bonchev–Trinajstić information content (AvgIpc) is 0. The van der Waals surface area contributed by atoms with Crippen LogP contribution in [0.5, 0.6) is 0 Å². The molecule has 0 spiro atoms. The second-order valence-corrected chi connectivity index (χ2v) is 0. The van der Waals surface area contributed by atoms with Crippen LogP contribution in [0.1, 0.15) is 0 Å². The minimum Gasteiger partial charge on any atom is -0.344 e. The molecule has 0 heterocycles. The first kappa shape index (κ1) is 32.0. The summed E-state index contributed by atoms with van der Waals surface area (Å²) in [5, 5.41) is 0. The topological polar surface area (TPSA) is 70.0 Å². The van der Waals surface area contributed by atoms with E-state index in [1.54, 1.807) is 0 Å². The summed E-state index contributed by atoms with van der Waals surface area (Å²) in [5.41, 5.74) is 0. The van der Waals surface area contributed by atoms with Gasteiger partial charge in [0, 0.05) is 75.5 Å². The Hall–Kier alpha value is 2.44. The zero-order valence-electron chi connectivity index (χ0n) is 2.83. The summed E-state index contributed by atoms with van der Waals surface area (Å²) in [6, 6.07) is 0. The van der Waals surface area contributed by atoms with E-state index in [1.165, 1.54) is 0 Å². The predicted molar refractivity (Wildman–Crippen MR) is 21.6 cm³/mol. The zero-order chi connectivity index (χ0) is 0. The Morgan fingerprint density at radius 2 is 0.500 bits per heavy atom. The van der Waals surface area contributed by atoms with Crippen LogP contribution in [0.2, 0.25) is 0 Å². The maximum atomic E-state index is 0. The van der Waals surface area contributed by atoms with Gasteiger partial charge in [-0.3, -0.25) is 0 Å². The number of hydrogen-bond donors (Lipinski definition) is 2. The minimum atomic E-state index is 0. The van der Waals surface area contributed by atoms with Crippen LogP contribution < -0.4 is 12.3 Å². The van der Waals surface area contributed by atoms with Gasteiger partial charge in [-0.05, 0) is 0 Å². The normalized spacial score (nSPS) is 0. The fourth-order valence-corrected chi connectivity index (χ4v) is 0. The molecule has 0 aliphatic carbocycles. The SMILES string of the molecule is N.N.[Ca].[Ca]. The molecule has 0 bridgehead atoms. The molecule has 0 aromatic rings. The van der Waals surface area contributed by atoms with Gasteiger partial charge in [-0.15, -0.1) is 0 Å². The Bertz CT molecular complexity index is 4.00. The van der Waals surface area contributed by atoms with Gasteiger partial charge in [-0.1, -0.05) is 0 Å². The largest absolute Gasteiger partial charge is 0.344 e. The van der Waals surface area contributed by atoms with Crippen molar-refractivity contribution in [3.05, 3.63) is 0 Å². The molecule has 4 heavy (non-hydrogen) atoms. The van der Waals surface area contributed by atoms with Crippen molar-refractivity contribution in [2.45, 2.75) is 0 Å². The van der Waals surface area contributed by atoms with Crippen molar-refractivity contribution in [2.24, 2.45) is 0 Å². The first-order valence-electron chi connectivity index (χ1n) is 0. The second kappa shape index (κ2) is 18.0. The molecule has 6 N–H and O–H groups in total. The molecule has 0 saturated heterocycles. The van der Waals surface area contributed by atoms with Gasteiger partial charge in [-0.25, -0.2) is 0 Å². The van der Waals surface area contributed by atoms with Crippen LogP contribution in [0.3, 0.4) is 0 Å². The minimum absolute atomic E-state index is 0. The molecule has 0 aromatic heterocycles. The van der Waals surface area contributed by atoms with Crippen LogP contribution in [0, 0.1) is 0 Å². The van der Waals surface area contributed by atoms with Crippen molar-refractivity contribution in [3.8, 4) is 0 Å². The van der Waals surface area contributed by atoms with E-state index < -0.39 is 0 Å². The summed E-state index contributed by atoms with van der Waals surface area (Å²) in [7, 11) is 0. The van der Waals surface area contributed by atoms with Gasteiger partial charge in [0.15, 0.2) is 0 Å². The van der Waals surface area contributed by atoms with Crippen LogP contribution in [0.4, 0.5) is 0 Å². The van der Waals surface area contributed by atoms with Gasteiger partial charge in [0.25, 0.3) is 0 Å². The Kier molecular flexibility index (Phi) is 144. The molecular weight excluding hydrogens is 108 g/mol. The van der Waals surface area contributed by atoms with Crippen LogP contribution in [0.15, 0.2) is 0 Å². The van der Waals surface area contributed by atoms with Crippen molar-refractivity contribution in [3.63, 3.8) is 0 Å². The fraction of sp³-hybridized carbons (Fsp3) is 0. The quantitative estimate of drug-likeness (QED) is 0.419. The Morgan fingerprint density at radius 1 is 0.500 bits per heavy atom. The average molecular weight is 114 g/mol. The first-order chi connectivity index (χ1) is 0. The molecule has 0 aliphatic rings. The third-order valence-corrected chi connectivity index (χ3v) is 0. The monoisotopic (exact) mass is 114 g/mol.